The van der Waals surface area contributed by atoms with Crippen LogP contribution in [0.2, 0.25) is 0 Å². The predicted molar refractivity (Wildman–Crippen MR) is 218 cm³/mol. The number of aryl methyl sites for hydroxylation is 1. The number of halogens is 5. The standard InChI is InChI=1S/C21H18FN5O2S.C13H14FN3O.C7H4F3N3/c1-12-9-14(11-25-17(12)23-2)26-19(29)21(7-4-8-21)27(20(26)30)13-5-6-15(16(22)10-13)18(28)24-3;1-16-12(18)10-4-3-9(7-11(10)14)17-13(8-15)5-2-6-13;8-7(9,10)5-1-4(12)3-13-6(5)2-11/h5-6,9-11H,4,7-8H2,1,3H3,(H,24,28);3-4,7,17H,2,5-6H2,1H3,(H,16,18);1,3H,12H2/i7D2;5D2,6D2;. The number of nitrogens with two attached hydrogens (primary N) is 1. The minimum absolute atomic E-state index is 0.0255. The highest BCUT2D eigenvalue weighted by Gasteiger charge is 2.60. The summed E-state index contributed by atoms with van der Waals surface area (Å²) in [5.74, 6) is -3.28. The molecule has 4 aromatic rings. The van der Waals surface area contributed by atoms with Crippen LogP contribution in [-0.4, -0.2) is 58.0 Å². The van der Waals surface area contributed by atoms with Crippen molar-refractivity contribution < 1.29 is 44.6 Å². The Hall–Kier alpha value is -7.24. The minimum atomic E-state index is -4.59. The first-order valence-electron chi connectivity index (χ1n) is 20.6. The van der Waals surface area contributed by atoms with Crippen molar-refractivity contribution in [2.24, 2.45) is 0 Å². The number of carbonyl (C=O) groups is 3. The number of hydrogen-bond donors (Lipinski definition) is 4. The number of nitriles is 2. The number of pyridine rings is 2. The van der Waals surface area contributed by atoms with Crippen LogP contribution in [0.4, 0.5) is 50.5 Å². The Morgan fingerprint density at radius 1 is 0.967 bits per heavy atom. The van der Waals surface area contributed by atoms with Crippen molar-refractivity contribution in [1.29, 1.82) is 10.5 Å². The molecule has 1 unspecified atom stereocenters. The average Bonchev–Trinajstić information content (AvgIpc) is 3.51. The number of thiocarbonyl (C=S) groups is 1. The van der Waals surface area contributed by atoms with E-state index in [9.17, 15) is 41.6 Å². The van der Waals surface area contributed by atoms with Gasteiger partial charge in [-0.15, -0.1) is 4.98 Å². The van der Waals surface area contributed by atoms with Gasteiger partial charge in [0.2, 0.25) is 0 Å². The molecule has 1 spiro atoms. The topological polar surface area (TPSA) is 198 Å². The zero-order valence-electron chi connectivity index (χ0n) is 38.1. The van der Waals surface area contributed by atoms with E-state index < -0.39 is 83.4 Å². The third-order valence-corrected chi connectivity index (χ3v) is 9.64. The number of rotatable bonds is 6. The summed E-state index contributed by atoms with van der Waals surface area (Å²) < 4.78 is 113. The molecule has 7 rings (SSSR count). The van der Waals surface area contributed by atoms with E-state index in [1.54, 1.807) is 19.1 Å². The molecule has 3 heterocycles. The zero-order valence-corrected chi connectivity index (χ0v) is 32.9. The fourth-order valence-electron chi connectivity index (χ4n) is 6.05. The lowest BCUT2D eigenvalue weighted by Crippen LogP contribution is -2.55. The SMILES string of the molecule is N#Cc1ncc(N)cc1C(F)(F)F.[2H]C1([2H])CC([2H])([2H])C1(C#N)Nc1ccc(C(=O)NC)c(F)c1.[2H]C1([2H])CCC12C(=O)N(c1cnc([N+]#[C-])c(C)c1)C(=S)N2c1ccc(C(=O)NC)c(F)c1. The molecule has 14 nitrogen and oxygen atoms in total. The van der Waals surface area contributed by atoms with Crippen molar-refractivity contribution in [3.05, 3.63) is 112 Å². The summed E-state index contributed by atoms with van der Waals surface area (Å²) in [5.41, 5.74) is 0.136. The monoisotopic (exact) mass is 863 g/mol. The van der Waals surface area contributed by atoms with E-state index in [1.807, 2.05) is 0 Å². The lowest BCUT2D eigenvalue weighted by atomic mass is 9.75. The van der Waals surface area contributed by atoms with Crippen molar-refractivity contribution in [3.63, 3.8) is 0 Å². The van der Waals surface area contributed by atoms with Crippen molar-refractivity contribution in [1.82, 2.24) is 20.6 Å². The summed E-state index contributed by atoms with van der Waals surface area (Å²) in [5, 5.41) is 24.7. The van der Waals surface area contributed by atoms with Crippen molar-refractivity contribution in [2.75, 3.05) is 34.9 Å². The lowest BCUT2D eigenvalue weighted by Gasteiger charge is -2.43. The lowest BCUT2D eigenvalue weighted by molar-refractivity contribution is -0.138. The first-order chi connectivity index (χ1) is 31.1. The Morgan fingerprint density at radius 3 is 2.08 bits per heavy atom. The minimum Gasteiger partial charge on any atom is -0.397 e. The smallest absolute Gasteiger partial charge is 0.397 e. The number of alkyl halides is 3. The molecule has 20 heteroatoms. The van der Waals surface area contributed by atoms with Gasteiger partial charge in [0.25, 0.3) is 23.5 Å². The molecule has 2 aromatic carbocycles. The van der Waals surface area contributed by atoms with Gasteiger partial charge in [0.15, 0.2) is 10.8 Å². The van der Waals surface area contributed by atoms with Gasteiger partial charge in [0, 0.05) is 33.7 Å². The largest absolute Gasteiger partial charge is 0.419 e. The van der Waals surface area contributed by atoms with Crippen molar-refractivity contribution in [3.8, 4) is 12.1 Å². The molecule has 61 heavy (non-hydrogen) atoms. The third-order valence-electron chi connectivity index (χ3n) is 9.28. The molecule has 3 aliphatic rings. The molecular formula is C41H36F5N11O3S. The van der Waals surface area contributed by atoms with Crippen LogP contribution in [-0.2, 0) is 11.0 Å². The van der Waals surface area contributed by atoms with E-state index >= 15 is 0 Å². The molecule has 2 saturated carbocycles. The second-order valence-corrected chi connectivity index (χ2v) is 13.4. The van der Waals surface area contributed by atoms with Gasteiger partial charge < -0.3 is 31.4 Å². The normalized spacial score (nSPS) is 21.1. The van der Waals surface area contributed by atoms with Gasteiger partial charge >= 0.3 is 6.18 Å². The van der Waals surface area contributed by atoms with Gasteiger partial charge in [0.1, 0.15) is 35.0 Å². The summed E-state index contributed by atoms with van der Waals surface area (Å²) in [4.78, 5) is 50.0. The summed E-state index contributed by atoms with van der Waals surface area (Å²) in [7, 11) is 2.74. The van der Waals surface area contributed by atoms with E-state index in [4.69, 9.17) is 38.0 Å². The maximum Gasteiger partial charge on any atom is 0.419 e. The Balaban J connectivity index is 0.000000207. The number of nitrogens with one attached hydrogen (secondary N) is 3. The number of nitrogens with zero attached hydrogens (tertiary/aromatic N) is 7. The zero-order chi connectivity index (χ0) is 50.2. The Morgan fingerprint density at radius 2 is 1.61 bits per heavy atom. The van der Waals surface area contributed by atoms with E-state index in [0.717, 1.165) is 18.3 Å². The number of hydrogen-bond acceptors (Lipinski definition) is 10. The highest BCUT2D eigenvalue weighted by Crippen LogP contribution is 2.48. The highest BCUT2D eigenvalue weighted by atomic mass is 32.1. The predicted octanol–water partition coefficient (Wildman–Crippen LogP) is 7.10. The molecular weight excluding hydrogens is 822 g/mol. The molecule has 0 bridgehead atoms. The molecule has 0 radical (unpaired) electrons. The Kier molecular flexibility index (Phi) is 10.8. The molecule has 2 aliphatic carbocycles. The summed E-state index contributed by atoms with van der Waals surface area (Å²) in [6.45, 7) is 8.84. The van der Waals surface area contributed by atoms with Crippen LogP contribution in [0.1, 0.15) is 84.1 Å². The highest BCUT2D eigenvalue weighted by molar-refractivity contribution is 7.81. The van der Waals surface area contributed by atoms with Gasteiger partial charge in [0.05, 0.1) is 40.3 Å². The molecule has 5 N–H and O–H groups in total. The average molecular weight is 864 g/mol. The van der Waals surface area contributed by atoms with E-state index in [-0.39, 0.29) is 52.0 Å². The first kappa shape index (κ1) is 36.8. The number of nitrogen functional groups attached to an aromatic ring is 1. The van der Waals surface area contributed by atoms with Crippen molar-refractivity contribution in [2.45, 2.75) is 62.6 Å². The number of benzene rings is 2. The third kappa shape index (κ3) is 9.02. The maximum absolute atomic E-state index is 14.7. The van der Waals surface area contributed by atoms with Crippen LogP contribution in [0.3, 0.4) is 0 Å². The second kappa shape index (κ2) is 17.9. The van der Waals surface area contributed by atoms with Crippen LogP contribution in [0.15, 0.2) is 60.9 Å². The van der Waals surface area contributed by atoms with Crippen molar-refractivity contribution >= 4 is 63.6 Å². The Bertz CT molecular complexity index is 2820. The summed E-state index contributed by atoms with van der Waals surface area (Å²) in [6.07, 6.45) is -8.47. The fraction of sp³-hybridized carbons (Fsp3) is 0.293. The fourth-order valence-corrected chi connectivity index (χ4v) is 6.50. The maximum atomic E-state index is 14.7. The molecule has 2 aromatic heterocycles. The van der Waals surface area contributed by atoms with E-state index in [1.165, 1.54) is 60.4 Å². The number of amides is 3. The molecule has 1 saturated heterocycles. The quantitative estimate of drug-likeness (QED) is 0.0877. The van der Waals surface area contributed by atoms with Crippen LogP contribution in [0, 0.1) is 47.8 Å². The van der Waals surface area contributed by atoms with Crippen LogP contribution in [0.25, 0.3) is 4.85 Å². The molecule has 1 atom stereocenters. The second-order valence-electron chi connectivity index (χ2n) is 13.0. The Labute approximate surface area is 360 Å². The van der Waals surface area contributed by atoms with Crippen LogP contribution < -0.4 is 31.5 Å². The van der Waals surface area contributed by atoms with Crippen LogP contribution in [0.5, 0.6) is 0 Å². The first-order valence-corrected chi connectivity index (χ1v) is 18.0. The van der Waals surface area contributed by atoms with Gasteiger partial charge in [-0.05, 0) is 112 Å². The summed E-state index contributed by atoms with van der Waals surface area (Å²) >= 11 is 5.58. The molecule has 1 aliphatic heterocycles. The van der Waals surface area contributed by atoms with Gasteiger partial charge in [-0.1, -0.05) is 6.57 Å². The number of carbonyl (C=O) groups excluding carboxylic acids is 3. The molecule has 3 fully saturated rings. The van der Waals surface area contributed by atoms with E-state index in [0.29, 0.717) is 17.3 Å². The van der Waals surface area contributed by atoms with E-state index in [2.05, 4.69) is 30.8 Å². The summed E-state index contributed by atoms with van der Waals surface area (Å²) in [6, 6.07) is 12.5. The van der Waals surface area contributed by atoms with Crippen LogP contribution >= 0.6 is 12.2 Å². The molecule has 3 amide bonds. The van der Waals surface area contributed by atoms with Gasteiger partial charge in [-0.3, -0.25) is 19.3 Å². The number of aromatic nitrogens is 2. The van der Waals surface area contributed by atoms with Gasteiger partial charge in [-0.2, -0.15) is 23.7 Å². The molecule has 314 valence electrons. The number of anilines is 4. The van der Waals surface area contributed by atoms with Gasteiger partial charge in [-0.25, -0.2) is 13.8 Å².